The van der Waals surface area contributed by atoms with Gasteiger partial charge in [-0.3, -0.25) is 0 Å². The van der Waals surface area contributed by atoms with Crippen LogP contribution in [0.15, 0.2) is 11.4 Å². The highest BCUT2D eigenvalue weighted by Gasteiger charge is 2.16. The molecule has 1 aromatic heterocycles. The van der Waals surface area contributed by atoms with Crippen LogP contribution in [0, 0.1) is 6.92 Å². The molecular formula is C10H15Cl2N3S. The molecule has 1 saturated heterocycles. The van der Waals surface area contributed by atoms with Gasteiger partial charge in [-0.2, -0.15) is 0 Å². The number of halogens is 2. The number of piperidine rings is 1. The molecule has 0 atom stereocenters. The molecule has 3 nitrogen and oxygen atoms in total. The molecule has 1 N–H and O–H groups in total. The number of nitrogens with zero attached hydrogens (tertiary/aromatic N) is 2. The van der Waals surface area contributed by atoms with E-state index in [4.69, 9.17) is 11.6 Å². The Kier molecular flexibility index (Phi) is 5.83. The van der Waals surface area contributed by atoms with Crippen LogP contribution in [-0.4, -0.2) is 28.3 Å². The van der Waals surface area contributed by atoms with Crippen molar-refractivity contribution in [3.05, 3.63) is 17.0 Å². The second kappa shape index (κ2) is 6.64. The van der Waals surface area contributed by atoms with E-state index in [9.17, 15) is 0 Å². The van der Waals surface area contributed by atoms with E-state index in [1.165, 1.54) is 12.8 Å². The van der Waals surface area contributed by atoms with E-state index >= 15 is 0 Å². The average molecular weight is 280 g/mol. The van der Waals surface area contributed by atoms with E-state index in [0.29, 0.717) is 10.4 Å². The number of thioether (sulfide) groups is 1. The zero-order valence-corrected chi connectivity index (χ0v) is 11.5. The highest BCUT2D eigenvalue weighted by atomic mass is 35.5. The summed E-state index contributed by atoms with van der Waals surface area (Å²) >= 11 is 7.78. The maximum absolute atomic E-state index is 5.95. The number of rotatable bonds is 2. The van der Waals surface area contributed by atoms with Crippen molar-refractivity contribution in [2.24, 2.45) is 0 Å². The third-order valence-corrected chi connectivity index (χ3v) is 4.36. The maximum atomic E-state index is 5.95. The molecule has 0 aromatic carbocycles. The first-order valence-corrected chi connectivity index (χ1v) is 6.37. The summed E-state index contributed by atoms with van der Waals surface area (Å²) in [5, 5.41) is 5.62. The van der Waals surface area contributed by atoms with Crippen LogP contribution in [0.25, 0.3) is 0 Å². The van der Waals surface area contributed by atoms with Gasteiger partial charge in [0.1, 0.15) is 16.5 Å². The normalized spacial score (nSPS) is 16.9. The largest absolute Gasteiger partial charge is 0.317 e. The zero-order chi connectivity index (χ0) is 10.7. The highest BCUT2D eigenvalue weighted by Crippen LogP contribution is 2.30. The highest BCUT2D eigenvalue weighted by molar-refractivity contribution is 7.99. The van der Waals surface area contributed by atoms with Gasteiger partial charge in [0, 0.05) is 10.8 Å². The average Bonchev–Trinajstić information content (AvgIpc) is 2.26. The predicted molar refractivity (Wildman–Crippen MR) is 70.8 cm³/mol. The van der Waals surface area contributed by atoms with Crippen LogP contribution in [0.5, 0.6) is 0 Å². The quantitative estimate of drug-likeness (QED) is 0.845. The Morgan fingerprint density at radius 1 is 1.38 bits per heavy atom. The van der Waals surface area contributed by atoms with Crippen LogP contribution in [0.2, 0.25) is 5.15 Å². The van der Waals surface area contributed by atoms with Crippen LogP contribution >= 0.6 is 35.8 Å². The number of nitrogens with one attached hydrogen (secondary N) is 1. The molecule has 0 saturated carbocycles. The molecule has 0 spiro atoms. The minimum Gasteiger partial charge on any atom is -0.317 e. The molecule has 1 aliphatic rings. The first kappa shape index (κ1) is 14.0. The molecule has 0 aliphatic carbocycles. The van der Waals surface area contributed by atoms with Gasteiger partial charge in [0.2, 0.25) is 0 Å². The fourth-order valence-electron chi connectivity index (χ4n) is 1.60. The van der Waals surface area contributed by atoms with Crippen LogP contribution in [-0.2, 0) is 0 Å². The Labute approximate surface area is 111 Å². The van der Waals surface area contributed by atoms with Gasteiger partial charge < -0.3 is 5.32 Å². The molecule has 16 heavy (non-hydrogen) atoms. The van der Waals surface area contributed by atoms with Crippen molar-refractivity contribution in [3.63, 3.8) is 0 Å². The van der Waals surface area contributed by atoms with Gasteiger partial charge in [-0.25, -0.2) is 9.97 Å². The summed E-state index contributed by atoms with van der Waals surface area (Å²) in [6, 6.07) is 0. The second-order valence-electron chi connectivity index (χ2n) is 3.66. The monoisotopic (exact) mass is 279 g/mol. The molecule has 0 amide bonds. The second-order valence-corrected chi connectivity index (χ2v) is 5.31. The third-order valence-electron chi connectivity index (χ3n) is 2.54. The third kappa shape index (κ3) is 3.48. The molecule has 2 heterocycles. The Hall–Kier alpha value is -0.0300. The van der Waals surface area contributed by atoms with Crippen molar-refractivity contribution in [1.29, 1.82) is 0 Å². The summed E-state index contributed by atoms with van der Waals surface area (Å²) in [5.74, 6) is 0. The lowest BCUT2D eigenvalue weighted by atomic mass is 10.2. The Morgan fingerprint density at radius 3 is 2.75 bits per heavy atom. The molecule has 1 fully saturated rings. The van der Waals surface area contributed by atoms with Crippen molar-refractivity contribution < 1.29 is 0 Å². The van der Waals surface area contributed by atoms with Crippen molar-refractivity contribution in [2.75, 3.05) is 13.1 Å². The Bertz CT molecular complexity index is 343. The van der Waals surface area contributed by atoms with E-state index in [1.54, 1.807) is 6.33 Å². The molecule has 0 radical (unpaired) electrons. The van der Waals surface area contributed by atoms with Gasteiger partial charge in [-0.15, -0.1) is 24.2 Å². The molecular weight excluding hydrogens is 265 g/mol. The van der Waals surface area contributed by atoms with Gasteiger partial charge in [-0.05, 0) is 32.9 Å². The van der Waals surface area contributed by atoms with Crippen molar-refractivity contribution in [3.8, 4) is 0 Å². The van der Waals surface area contributed by atoms with Gasteiger partial charge in [0.25, 0.3) is 0 Å². The standard InChI is InChI=1S/C10H14ClN3S.ClH/c1-7-9(11)13-6-14-10(7)15-8-2-4-12-5-3-8;/h6,8,12H,2-5H2,1H3;1H. The lowest BCUT2D eigenvalue weighted by molar-refractivity contribution is 0.531. The first-order valence-electron chi connectivity index (χ1n) is 5.12. The molecule has 2 rings (SSSR count). The molecule has 0 bridgehead atoms. The lowest BCUT2D eigenvalue weighted by Gasteiger charge is -2.22. The molecule has 0 unspecified atom stereocenters. The van der Waals surface area contributed by atoms with Crippen molar-refractivity contribution in [1.82, 2.24) is 15.3 Å². The predicted octanol–water partition coefficient (Wildman–Crippen LogP) is 2.70. The van der Waals surface area contributed by atoms with Gasteiger partial charge >= 0.3 is 0 Å². The summed E-state index contributed by atoms with van der Waals surface area (Å²) in [6.45, 7) is 4.19. The smallest absolute Gasteiger partial charge is 0.136 e. The summed E-state index contributed by atoms with van der Waals surface area (Å²) in [6.07, 6.45) is 3.94. The van der Waals surface area contributed by atoms with Crippen molar-refractivity contribution in [2.45, 2.75) is 30.0 Å². The molecule has 1 aliphatic heterocycles. The van der Waals surface area contributed by atoms with Crippen molar-refractivity contribution >= 4 is 35.8 Å². The van der Waals surface area contributed by atoms with Crippen LogP contribution in [0.1, 0.15) is 18.4 Å². The van der Waals surface area contributed by atoms with Gasteiger partial charge in [0.15, 0.2) is 0 Å². The van der Waals surface area contributed by atoms with E-state index < -0.39 is 0 Å². The Balaban J connectivity index is 0.00000128. The molecule has 1 aromatic rings. The fraction of sp³-hybridized carbons (Fsp3) is 0.600. The topological polar surface area (TPSA) is 37.8 Å². The van der Waals surface area contributed by atoms with E-state index in [2.05, 4.69) is 15.3 Å². The van der Waals surface area contributed by atoms with Crippen LogP contribution in [0.3, 0.4) is 0 Å². The fourth-order valence-corrected chi connectivity index (χ4v) is 2.96. The molecule has 90 valence electrons. The summed E-state index contributed by atoms with van der Waals surface area (Å²) in [7, 11) is 0. The minimum atomic E-state index is 0. The number of aromatic nitrogens is 2. The minimum absolute atomic E-state index is 0. The zero-order valence-electron chi connectivity index (χ0n) is 9.07. The summed E-state index contributed by atoms with van der Waals surface area (Å²) in [5.41, 5.74) is 1.00. The summed E-state index contributed by atoms with van der Waals surface area (Å²) < 4.78 is 0. The van der Waals surface area contributed by atoms with E-state index in [-0.39, 0.29) is 12.4 Å². The Morgan fingerprint density at radius 2 is 2.06 bits per heavy atom. The summed E-state index contributed by atoms with van der Waals surface area (Å²) in [4.78, 5) is 8.24. The SMILES string of the molecule is Cc1c(Cl)ncnc1SC1CCNCC1.Cl. The molecule has 6 heteroatoms. The lowest BCUT2D eigenvalue weighted by Crippen LogP contribution is -2.29. The van der Waals surface area contributed by atoms with Gasteiger partial charge in [-0.1, -0.05) is 11.6 Å². The number of hydrogen-bond acceptors (Lipinski definition) is 4. The first-order chi connectivity index (χ1) is 7.27. The number of hydrogen-bond donors (Lipinski definition) is 1. The van der Waals surface area contributed by atoms with E-state index in [0.717, 1.165) is 23.7 Å². The van der Waals surface area contributed by atoms with Crippen LogP contribution < -0.4 is 5.32 Å². The maximum Gasteiger partial charge on any atom is 0.136 e. The van der Waals surface area contributed by atoms with E-state index in [1.807, 2.05) is 18.7 Å². The van der Waals surface area contributed by atoms with Gasteiger partial charge in [0.05, 0.1) is 0 Å². The van der Waals surface area contributed by atoms with Crippen LogP contribution in [0.4, 0.5) is 0 Å².